The minimum atomic E-state index is -1.19. The van der Waals surface area contributed by atoms with E-state index in [9.17, 15) is 19.8 Å². The van der Waals surface area contributed by atoms with Gasteiger partial charge in [-0.2, -0.15) is 0 Å². The van der Waals surface area contributed by atoms with E-state index in [1.165, 1.54) is 6.20 Å². The molecule has 0 unspecified atom stereocenters. The summed E-state index contributed by atoms with van der Waals surface area (Å²) < 4.78 is 1.27. The Morgan fingerprint density at radius 2 is 2.06 bits per heavy atom. The Bertz CT molecular complexity index is 559. The van der Waals surface area contributed by atoms with Gasteiger partial charge in [0.2, 0.25) is 0 Å². The second kappa shape index (κ2) is 5.17. The van der Waals surface area contributed by atoms with Crippen molar-refractivity contribution in [3.63, 3.8) is 0 Å². The van der Waals surface area contributed by atoms with Crippen molar-refractivity contribution < 1.29 is 15.3 Å². The zero-order chi connectivity index (χ0) is 13.4. The van der Waals surface area contributed by atoms with Crippen molar-refractivity contribution in [2.75, 3.05) is 6.61 Å². The molecule has 1 aromatic heterocycles. The van der Waals surface area contributed by atoms with Crippen LogP contribution in [0.15, 0.2) is 20.3 Å². The highest BCUT2D eigenvalue weighted by Gasteiger charge is 2.43. The van der Waals surface area contributed by atoms with Crippen LogP contribution in [0.5, 0.6) is 0 Å². The summed E-state index contributed by atoms with van der Waals surface area (Å²) in [6.45, 7) is -0.307. The number of H-pyrrole nitrogens is 1. The molecule has 0 saturated carbocycles. The maximum absolute atomic E-state index is 11.6. The van der Waals surface area contributed by atoms with E-state index in [-0.39, 0.29) is 11.1 Å². The van der Waals surface area contributed by atoms with Gasteiger partial charge in [-0.05, 0) is 15.9 Å². The molecule has 4 N–H and O–H groups in total. The Balaban J connectivity index is 2.42. The van der Waals surface area contributed by atoms with Crippen LogP contribution in [-0.2, 0) is 0 Å². The molecule has 1 saturated heterocycles. The minimum Gasteiger partial charge on any atom is -0.395 e. The van der Waals surface area contributed by atoms with Crippen molar-refractivity contribution in [1.29, 1.82) is 0 Å². The van der Waals surface area contributed by atoms with Crippen molar-refractivity contribution in [3.8, 4) is 0 Å². The van der Waals surface area contributed by atoms with Gasteiger partial charge in [-0.25, -0.2) is 4.79 Å². The number of rotatable bonds is 2. The van der Waals surface area contributed by atoms with Crippen LogP contribution in [0.25, 0.3) is 0 Å². The summed E-state index contributed by atoms with van der Waals surface area (Å²) in [7, 11) is 0. The number of halogens is 1. The van der Waals surface area contributed by atoms with Crippen molar-refractivity contribution >= 4 is 27.7 Å². The topological polar surface area (TPSA) is 116 Å². The van der Waals surface area contributed by atoms with E-state index in [0.717, 1.165) is 16.3 Å². The Morgan fingerprint density at radius 3 is 2.61 bits per heavy atom. The third kappa shape index (κ3) is 2.28. The first-order chi connectivity index (χ1) is 8.45. The molecule has 100 valence electrons. The molecule has 1 aromatic rings. The highest BCUT2D eigenvalue weighted by molar-refractivity contribution is 9.10. The van der Waals surface area contributed by atoms with Gasteiger partial charge in [0, 0.05) is 6.20 Å². The Morgan fingerprint density at radius 1 is 1.39 bits per heavy atom. The lowest BCUT2D eigenvalue weighted by molar-refractivity contribution is 0.0101. The van der Waals surface area contributed by atoms with Gasteiger partial charge in [0.05, 0.1) is 22.4 Å². The quantitative estimate of drug-likeness (QED) is 0.528. The standard InChI is InChI=1S/C9H11BrN2O5S/c10-3-1-12(9(17)11-7(3)16)8-6(15)5(14)4(2-13)18-8/h1,4-6,8,13-15H,2H2,(H,11,16,17)/t4-,5-,6-,8+/m0/s1. The molecule has 0 aliphatic carbocycles. The van der Waals surface area contributed by atoms with Crippen LogP contribution in [0, 0.1) is 0 Å². The van der Waals surface area contributed by atoms with E-state index in [0.29, 0.717) is 0 Å². The summed E-state index contributed by atoms with van der Waals surface area (Å²) in [6, 6.07) is 0. The number of nitrogens with one attached hydrogen (secondary N) is 1. The summed E-state index contributed by atoms with van der Waals surface area (Å²) in [5, 5.41) is 27.2. The first-order valence-corrected chi connectivity index (χ1v) is 6.82. The number of aromatic amines is 1. The van der Waals surface area contributed by atoms with Gasteiger partial charge < -0.3 is 15.3 Å². The van der Waals surface area contributed by atoms with Gasteiger partial charge in [-0.1, -0.05) is 0 Å². The predicted molar refractivity (Wildman–Crippen MR) is 68.5 cm³/mol. The number of thioether (sulfide) groups is 1. The van der Waals surface area contributed by atoms with E-state index in [1.54, 1.807) is 0 Å². The van der Waals surface area contributed by atoms with Gasteiger partial charge in [-0.3, -0.25) is 14.3 Å². The molecule has 1 aliphatic heterocycles. The van der Waals surface area contributed by atoms with Gasteiger partial charge in [0.25, 0.3) is 5.56 Å². The Kier molecular flexibility index (Phi) is 3.97. The second-order valence-electron chi connectivity index (χ2n) is 3.87. The van der Waals surface area contributed by atoms with Crippen LogP contribution in [0.4, 0.5) is 0 Å². The zero-order valence-corrected chi connectivity index (χ0v) is 11.4. The van der Waals surface area contributed by atoms with Crippen molar-refractivity contribution in [2.24, 2.45) is 0 Å². The molecule has 2 heterocycles. The molecule has 1 fully saturated rings. The number of aliphatic hydroxyl groups is 3. The fraction of sp³-hybridized carbons (Fsp3) is 0.556. The van der Waals surface area contributed by atoms with Crippen LogP contribution in [0.1, 0.15) is 5.37 Å². The molecular weight excluding hydrogens is 328 g/mol. The zero-order valence-electron chi connectivity index (χ0n) is 8.99. The molecule has 18 heavy (non-hydrogen) atoms. The molecule has 0 bridgehead atoms. The van der Waals surface area contributed by atoms with E-state index in [2.05, 4.69) is 20.9 Å². The lowest BCUT2D eigenvalue weighted by atomic mass is 10.1. The minimum absolute atomic E-state index is 0.150. The fourth-order valence-corrected chi connectivity index (χ4v) is 3.46. The lowest BCUT2D eigenvalue weighted by Gasteiger charge is -2.17. The summed E-state index contributed by atoms with van der Waals surface area (Å²) in [5.74, 6) is 0. The summed E-state index contributed by atoms with van der Waals surface area (Å²) in [6.07, 6.45) is -1.06. The van der Waals surface area contributed by atoms with Gasteiger partial charge in [-0.15, -0.1) is 11.8 Å². The summed E-state index contributed by atoms with van der Waals surface area (Å²) >= 11 is 4.07. The molecule has 9 heteroatoms. The smallest absolute Gasteiger partial charge is 0.329 e. The number of aliphatic hydroxyl groups excluding tert-OH is 3. The number of aromatic nitrogens is 2. The molecule has 0 radical (unpaired) electrons. The van der Waals surface area contributed by atoms with Crippen LogP contribution >= 0.6 is 27.7 Å². The van der Waals surface area contributed by atoms with Crippen molar-refractivity contribution in [3.05, 3.63) is 31.5 Å². The maximum atomic E-state index is 11.6. The molecule has 0 spiro atoms. The molecule has 4 atom stereocenters. The number of hydrogen-bond acceptors (Lipinski definition) is 6. The van der Waals surface area contributed by atoms with Crippen LogP contribution < -0.4 is 11.2 Å². The van der Waals surface area contributed by atoms with E-state index in [4.69, 9.17) is 5.11 Å². The summed E-state index contributed by atoms with van der Waals surface area (Å²) in [4.78, 5) is 24.9. The fourth-order valence-electron chi connectivity index (χ4n) is 1.76. The van der Waals surface area contributed by atoms with Gasteiger partial charge in [0.1, 0.15) is 11.5 Å². The first kappa shape index (κ1) is 13.8. The number of hydrogen-bond donors (Lipinski definition) is 4. The first-order valence-electron chi connectivity index (χ1n) is 5.09. The van der Waals surface area contributed by atoms with Crippen LogP contribution in [0.2, 0.25) is 0 Å². The van der Waals surface area contributed by atoms with Crippen molar-refractivity contribution in [1.82, 2.24) is 9.55 Å². The molecule has 0 aromatic carbocycles. The normalized spacial score (nSPS) is 31.8. The monoisotopic (exact) mass is 338 g/mol. The highest BCUT2D eigenvalue weighted by Crippen LogP contribution is 2.40. The molecule has 7 nitrogen and oxygen atoms in total. The highest BCUT2D eigenvalue weighted by atomic mass is 79.9. The molecule has 0 amide bonds. The van der Waals surface area contributed by atoms with Gasteiger partial charge >= 0.3 is 5.69 Å². The number of nitrogens with zero attached hydrogens (tertiary/aromatic N) is 1. The lowest BCUT2D eigenvalue weighted by Crippen LogP contribution is -2.37. The molecular formula is C9H11BrN2O5S. The molecule has 2 rings (SSSR count). The average Bonchev–Trinajstić information content (AvgIpc) is 2.61. The van der Waals surface area contributed by atoms with E-state index >= 15 is 0 Å². The van der Waals surface area contributed by atoms with Crippen LogP contribution in [0.3, 0.4) is 0 Å². The largest absolute Gasteiger partial charge is 0.395 e. The SMILES string of the molecule is O=c1[nH]c(=O)n([C@@H]2S[C@@H](CO)[C@H](O)[C@@H]2O)cc1Br. The Hall–Kier alpha value is -0.610. The molecule has 1 aliphatic rings. The van der Waals surface area contributed by atoms with Gasteiger partial charge in [0.15, 0.2) is 0 Å². The van der Waals surface area contributed by atoms with E-state index < -0.39 is 34.1 Å². The Labute approximate surface area is 114 Å². The van der Waals surface area contributed by atoms with E-state index in [1.807, 2.05) is 0 Å². The third-order valence-electron chi connectivity index (χ3n) is 2.72. The van der Waals surface area contributed by atoms with Crippen LogP contribution in [-0.4, -0.2) is 48.9 Å². The average molecular weight is 339 g/mol. The third-order valence-corrected chi connectivity index (χ3v) is 4.84. The summed E-state index contributed by atoms with van der Waals surface area (Å²) in [5.41, 5.74) is -1.24. The second-order valence-corrected chi connectivity index (χ2v) is 6.09. The predicted octanol–water partition coefficient (Wildman–Crippen LogP) is -1.37. The van der Waals surface area contributed by atoms with Crippen molar-refractivity contribution in [2.45, 2.75) is 22.8 Å². The maximum Gasteiger partial charge on any atom is 0.329 e.